The highest BCUT2D eigenvalue weighted by atomic mass is 28.4. The number of urea groups is 1. The van der Waals surface area contributed by atoms with Crippen molar-refractivity contribution in [2.24, 2.45) is 5.41 Å². The first-order chi connectivity index (χ1) is 26.5. The molecule has 3 atom stereocenters. The Kier molecular flexibility index (Phi) is 12.3. The molecule has 2 amide bonds. The Balaban J connectivity index is 1.15. The molecule has 2 aliphatic rings. The molecule has 0 bridgehead atoms. The van der Waals surface area contributed by atoms with E-state index in [9.17, 15) is 4.79 Å². The minimum absolute atomic E-state index is 0.173. The summed E-state index contributed by atoms with van der Waals surface area (Å²) in [6.45, 7) is 23.7. The Morgan fingerprint density at radius 2 is 1.59 bits per heavy atom. The molecule has 1 aliphatic carbocycles. The lowest BCUT2D eigenvalue weighted by Crippen LogP contribution is -2.50. The number of aromatic nitrogens is 3. The van der Waals surface area contributed by atoms with E-state index in [0.29, 0.717) is 41.0 Å². The lowest BCUT2D eigenvalue weighted by molar-refractivity contribution is 0.171. The van der Waals surface area contributed by atoms with E-state index in [1.807, 2.05) is 86.8 Å². The Labute approximate surface area is 334 Å². The molecule has 1 fully saturated rings. The number of hydrogen-bond donors (Lipinski definition) is 4. The molecule has 2 aromatic heterocycles. The number of carbonyl (C=O) groups excluding carboxylic acids is 1. The molecule has 0 saturated carbocycles. The number of ether oxygens (including phenoxy) is 1. The summed E-state index contributed by atoms with van der Waals surface area (Å²) in [7, 11) is -2.00. The number of anilines is 2. The predicted octanol–water partition coefficient (Wildman–Crippen LogP) is 10.1. The summed E-state index contributed by atoms with van der Waals surface area (Å²) in [5.74, 6) is 1.98. The Hall–Kier alpha value is -4.68. The number of fused-ring (bicyclic) bond motifs is 2. The summed E-state index contributed by atoms with van der Waals surface area (Å²) in [6, 6.07) is 19.5. The number of pyridine rings is 1. The summed E-state index contributed by atoms with van der Waals surface area (Å²) in [6.07, 6.45) is 6.05. The Bertz CT molecular complexity index is 2010. The molecule has 56 heavy (non-hydrogen) atoms. The number of aryl methyl sites for hydroxylation is 1. The van der Waals surface area contributed by atoms with Crippen molar-refractivity contribution in [3.63, 3.8) is 0 Å². The van der Waals surface area contributed by atoms with Crippen LogP contribution in [0.25, 0.3) is 5.65 Å². The first-order valence-electron chi connectivity index (χ1n) is 20.3. The molecule has 0 radical (unpaired) electrons. The van der Waals surface area contributed by atoms with Crippen LogP contribution in [0.2, 0.25) is 16.6 Å². The van der Waals surface area contributed by atoms with Crippen molar-refractivity contribution in [2.75, 3.05) is 23.3 Å². The van der Waals surface area contributed by atoms with Crippen molar-refractivity contribution < 1.29 is 14.0 Å². The molecule has 0 spiro atoms. The van der Waals surface area contributed by atoms with Gasteiger partial charge >= 0.3 is 6.03 Å². The number of benzene rings is 2. The lowest BCUT2D eigenvalue weighted by Gasteiger charge is -2.44. The van der Waals surface area contributed by atoms with Crippen LogP contribution in [0, 0.1) is 17.7 Å². The summed E-state index contributed by atoms with van der Waals surface area (Å²) >= 11 is 0. The van der Waals surface area contributed by atoms with E-state index in [4.69, 9.17) is 14.6 Å². The molecule has 12 heteroatoms. The summed E-state index contributed by atoms with van der Waals surface area (Å²) in [4.78, 5) is 15.9. The fourth-order valence-electron chi connectivity index (χ4n) is 8.61. The predicted molar refractivity (Wildman–Crippen MR) is 229 cm³/mol. The molecule has 300 valence electrons. The van der Waals surface area contributed by atoms with E-state index in [-0.39, 0.29) is 29.7 Å². The first-order valence-corrected chi connectivity index (χ1v) is 22.4. The molecule has 1 aliphatic heterocycles. The highest BCUT2D eigenvalue weighted by molar-refractivity contribution is 6.77. The van der Waals surface area contributed by atoms with Gasteiger partial charge in [0.15, 0.2) is 5.65 Å². The molecule has 0 unspecified atom stereocenters. The third kappa shape index (κ3) is 8.97. The van der Waals surface area contributed by atoms with Crippen LogP contribution in [0.5, 0.6) is 5.75 Å². The fourth-order valence-corrected chi connectivity index (χ4v) is 14.2. The van der Waals surface area contributed by atoms with Gasteiger partial charge in [0.2, 0.25) is 14.3 Å². The summed E-state index contributed by atoms with van der Waals surface area (Å²) in [5, 5.41) is 27.2. The van der Waals surface area contributed by atoms with Gasteiger partial charge in [-0.3, -0.25) is 9.72 Å². The molecule has 1 saturated heterocycles. The van der Waals surface area contributed by atoms with E-state index >= 15 is 0 Å². The summed E-state index contributed by atoms with van der Waals surface area (Å²) < 4.78 is 15.9. The van der Waals surface area contributed by atoms with Crippen LogP contribution in [-0.4, -0.2) is 53.9 Å². The number of hydrogen-bond acceptors (Lipinski definition) is 8. The van der Waals surface area contributed by atoms with Gasteiger partial charge in [0.1, 0.15) is 17.7 Å². The van der Waals surface area contributed by atoms with E-state index in [1.54, 1.807) is 6.08 Å². The van der Waals surface area contributed by atoms with Gasteiger partial charge < -0.3 is 30.1 Å². The molecule has 4 aromatic rings. The quantitative estimate of drug-likeness (QED) is 0.0786. The van der Waals surface area contributed by atoms with Crippen molar-refractivity contribution in [2.45, 2.75) is 123 Å². The molecular weight excluding hydrogens is 717 g/mol. The van der Waals surface area contributed by atoms with Crippen LogP contribution in [-0.2, 0) is 4.43 Å². The number of nitrogens with zero attached hydrogens (tertiary/aromatic N) is 4. The van der Waals surface area contributed by atoms with Crippen molar-refractivity contribution in [3.8, 4) is 5.75 Å². The number of nitrogens with one attached hydrogen (secondary N) is 4. The van der Waals surface area contributed by atoms with Crippen LogP contribution in [0.4, 0.5) is 16.4 Å². The molecule has 3 heterocycles. The molecule has 4 N–H and O–H groups in total. The average Bonchev–Trinajstić information content (AvgIpc) is 3.78. The highest BCUT2D eigenvalue weighted by Crippen LogP contribution is 2.44. The lowest BCUT2D eigenvalue weighted by atomic mass is 9.85. The van der Waals surface area contributed by atoms with Gasteiger partial charge in [-0.05, 0) is 78.2 Å². The standard InChI is InChI=1S/C44H62N8O3Si/c1-28(2)56(29(3)4,30(5)6)55-34-23-24-51(26-34)43-50-49-41-22-19-33(27-52(41)43)54-38-21-20-37(35-13-11-12-14-36(35)38)47-42(53)48-40(25-39(45)44(8,9)10)46-32-17-15-31(7)16-18-32/h11-19,22,25,27-30,34,37-38,45-46H,20-21,23-24,26H2,1-10H3,(H2,47,48,53)/b40-25+,45-39?/t34-,37+,38-/m1/s1. The third-order valence-electron chi connectivity index (χ3n) is 11.6. The van der Waals surface area contributed by atoms with Gasteiger partial charge in [0.05, 0.1) is 18.3 Å². The Morgan fingerprint density at radius 3 is 2.25 bits per heavy atom. The maximum absolute atomic E-state index is 13.6. The van der Waals surface area contributed by atoms with Gasteiger partial charge in [-0.25, -0.2) is 4.79 Å². The zero-order valence-electron chi connectivity index (χ0n) is 34.9. The van der Waals surface area contributed by atoms with Gasteiger partial charge in [-0.15, -0.1) is 10.2 Å². The first kappa shape index (κ1) is 41.0. The second kappa shape index (κ2) is 16.8. The number of carbonyl (C=O) groups is 1. The number of rotatable bonds is 13. The van der Waals surface area contributed by atoms with Crippen LogP contribution in [0.1, 0.15) is 110 Å². The van der Waals surface area contributed by atoms with Gasteiger partial charge in [0, 0.05) is 36.0 Å². The topological polar surface area (TPSA) is 129 Å². The van der Waals surface area contributed by atoms with Crippen molar-refractivity contribution in [1.29, 1.82) is 5.41 Å². The molecule has 11 nitrogen and oxygen atoms in total. The van der Waals surface area contributed by atoms with Crippen LogP contribution in [0.3, 0.4) is 0 Å². The zero-order chi connectivity index (χ0) is 40.4. The van der Waals surface area contributed by atoms with E-state index in [2.05, 4.69) is 84.7 Å². The summed E-state index contributed by atoms with van der Waals surface area (Å²) in [5.41, 5.74) is 6.43. The van der Waals surface area contributed by atoms with E-state index in [0.717, 1.165) is 59.2 Å². The Morgan fingerprint density at radius 1 is 0.911 bits per heavy atom. The van der Waals surface area contributed by atoms with Gasteiger partial charge in [-0.1, -0.05) is 104 Å². The van der Waals surface area contributed by atoms with Gasteiger partial charge in [0.25, 0.3) is 0 Å². The second-order valence-corrected chi connectivity index (χ2v) is 23.0. The van der Waals surface area contributed by atoms with Crippen molar-refractivity contribution in [1.82, 2.24) is 25.2 Å². The maximum atomic E-state index is 13.6. The van der Waals surface area contributed by atoms with Crippen molar-refractivity contribution in [3.05, 3.63) is 95.4 Å². The molecular formula is C44H62N8O3Si. The highest BCUT2D eigenvalue weighted by Gasteiger charge is 2.47. The minimum atomic E-state index is -2.00. The number of amides is 2. The fraction of sp³-hybridized carbons (Fsp3) is 0.500. The maximum Gasteiger partial charge on any atom is 0.320 e. The van der Waals surface area contributed by atoms with Crippen molar-refractivity contribution >= 4 is 37.3 Å². The minimum Gasteiger partial charge on any atom is -0.484 e. The molecule has 6 rings (SSSR count). The van der Waals surface area contributed by atoms with Crippen LogP contribution >= 0.6 is 0 Å². The zero-order valence-corrected chi connectivity index (χ0v) is 35.9. The largest absolute Gasteiger partial charge is 0.484 e. The van der Waals surface area contributed by atoms with E-state index in [1.165, 1.54) is 0 Å². The van der Waals surface area contributed by atoms with Crippen LogP contribution < -0.4 is 25.6 Å². The van der Waals surface area contributed by atoms with E-state index < -0.39 is 8.32 Å². The second-order valence-electron chi connectivity index (χ2n) is 17.6. The van der Waals surface area contributed by atoms with Crippen LogP contribution in [0.15, 0.2) is 78.8 Å². The normalized spacial score (nSPS) is 19.1. The number of allylic oxidation sites excluding steroid dienone is 1. The average molecular weight is 779 g/mol. The SMILES string of the molecule is Cc1ccc(N/C(=C\C(=N)C(C)(C)C)NC(=O)N[C@H]2CC[C@@H](Oc3ccc4nnc(N5CC[C@@H](O[Si](C(C)C)(C(C)C)C(C)C)C5)n4c3)c3ccccc32)cc1. The molecule has 2 aromatic carbocycles. The monoisotopic (exact) mass is 778 g/mol. The smallest absolute Gasteiger partial charge is 0.320 e. The van der Waals surface area contributed by atoms with Gasteiger partial charge in [-0.2, -0.15) is 0 Å². The third-order valence-corrected chi connectivity index (χ3v) is 17.7.